The number of hydrogen-bond acceptors (Lipinski definition) is 6. The number of pyridine rings is 1. The van der Waals surface area contributed by atoms with Crippen LogP contribution in [0.15, 0.2) is 30.5 Å². The summed E-state index contributed by atoms with van der Waals surface area (Å²) in [6.45, 7) is 3.74. The lowest BCUT2D eigenvalue weighted by Gasteiger charge is -2.19. The first-order valence-electron chi connectivity index (χ1n) is 8.68. The summed E-state index contributed by atoms with van der Waals surface area (Å²) in [5, 5.41) is 4.60. The van der Waals surface area contributed by atoms with Gasteiger partial charge in [-0.1, -0.05) is 11.6 Å². The molecule has 0 spiro atoms. The van der Waals surface area contributed by atoms with Crippen LogP contribution in [0.5, 0.6) is 11.5 Å². The molecule has 29 heavy (non-hydrogen) atoms. The van der Waals surface area contributed by atoms with Crippen LogP contribution in [0.4, 0.5) is 14.5 Å². The van der Waals surface area contributed by atoms with Crippen LogP contribution in [-0.4, -0.2) is 35.3 Å². The van der Waals surface area contributed by atoms with Gasteiger partial charge in [0.05, 0.1) is 22.6 Å². The minimum absolute atomic E-state index is 0.127. The van der Waals surface area contributed by atoms with Crippen LogP contribution in [0.3, 0.4) is 0 Å². The number of hydrogen-bond donors (Lipinski definition) is 2. The van der Waals surface area contributed by atoms with Gasteiger partial charge < -0.3 is 19.8 Å². The number of aromatic nitrogens is 1. The first-order valence-corrected chi connectivity index (χ1v) is 9.06. The maximum Gasteiger partial charge on any atom is 0.586 e. The van der Waals surface area contributed by atoms with Gasteiger partial charge >= 0.3 is 6.29 Å². The zero-order chi connectivity index (χ0) is 20.9. The lowest BCUT2D eigenvalue weighted by Crippen LogP contribution is -2.41. The van der Waals surface area contributed by atoms with Gasteiger partial charge in [0.2, 0.25) is 5.91 Å². The molecule has 10 heteroatoms. The van der Waals surface area contributed by atoms with Gasteiger partial charge in [-0.15, -0.1) is 8.78 Å². The Hall–Kier alpha value is -2.91. The number of hydrazine groups is 1. The van der Waals surface area contributed by atoms with E-state index in [0.29, 0.717) is 16.9 Å². The number of anilines is 1. The van der Waals surface area contributed by atoms with Gasteiger partial charge in [-0.05, 0) is 37.6 Å². The second kappa shape index (κ2) is 6.85. The number of carbonyl (C=O) groups is 1. The first kappa shape index (κ1) is 19.4. The van der Waals surface area contributed by atoms with E-state index in [1.54, 1.807) is 24.3 Å². The van der Waals surface area contributed by atoms with Crippen LogP contribution in [0.1, 0.15) is 16.8 Å². The molecule has 1 amide bonds. The smallest absolute Gasteiger partial charge is 0.395 e. The van der Waals surface area contributed by atoms with Crippen molar-refractivity contribution in [3.8, 4) is 11.5 Å². The molecule has 2 aliphatic rings. The Morgan fingerprint density at radius 1 is 1.28 bits per heavy atom. The minimum atomic E-state index is -3.74. The lowest BCUT2D eigenvalue weighted by molar-refractivity contribution is -0.286. The molecule has 4 rings (SSSR count). The quantitative estimate of drug-likeness (QED) is 0.789. The summed E-state index contributed by atoms with van der Waals surface area (Å²) >= 11 is 6.25. The lowest BCUT2D eigenvalue weighted by atomic mass is 10.1. The van der Waals surface area contributed by atoms with E-state index >= 15 is 0 Å². The number of nitrogens with zero attached hydrogens (tertiary/aromatic N) is 2. The molecule has 1 aromatic heterocycles. The van der Waals surface area contributed by atoms with E-state index in [2.05, 4.69) is 25.2 Å². The van der Waals surface area contributed by atoms with Crippen molar-refractivity contribution >= 4 is 28.9 Å². The number of amides is 1. The Kier molecular flexibility index (Phi) is 4.59. The molecule has 3 heterocycles. The second-order valence-electron chi connectivity index (χ2n) is 6.79. The number of benzene rings is 1. The average Bonchev–Trinajstić information content (AvgIpc) is 3.14. The predicted molar refractivity (Wildman–Crippen MR) is 103 cm³/mol. The van der Waals surface area contributed by atoms with Crippen molar-refractivity contribution < 1.29 is 23.0 Å². The van der Waals surface area contributed by atoms with Gasteiger partial charge in [-0.2, -0.15) is 0 Å². The SMILES string of the molecule is Cc1cc(C)c(NC(=O)C2C=C(c3cc4c(cc3Cl)OC(F)(F)O4)N(C)N2)cn1. The van der Waals surface area contributed by atoms with Crippen molar-refractivity contribution in [2.24, 2.45) is 0 Å². The number of carbonyl (C=O) groups excluding carboxylic acids is 1. The summed E-state index contributed by atoms with van der Waals surface area (Å²) in [6, 6.07) is 3.79. The van der Waals surface area contributed by atoms with Gasteiger partial charge in [0.25, 0.3) is 0 Å². The third kappa shape index (κ3) is 3.70. The van der Waals surface area contributed by atoms with Gasteiger partial charge in [0.15, 0.2) is 11.5 Å². The van der Waals surface area contributed by atoms with Crippen molar-refractivity contribution in [3.63, 3.8) is 0 Å². The Bertz CT molecular complexity index is 1040. The first-order chi connectivity index (χ1) is 13.6. The van der Waals surface area contributed by atoms with Gasteiger partial charge in [0, 0.05) is 24.4 Å². The summed E-state index contributed by atoms with van der Waals surface area (Å²) in [6.07, 6.45) is -0.491. The Balaban J connectivity index is 1.58. The molecule has 0 saturated heterocycles. The van der Waals surface area contributed by atoms with Gasteiger partial charge in [-0.3, -0.25) is 9.78 Å². The minimum Gasteiger partial charge on any atom is -0.395 e. The molecule has 7 nitrogen and oxygen atoms in total. The number of ether oxygens (including phenoxy) is 2. The Morgan fingerprint density at radius 2 is 1.97 bits per heavy atom. The molecule has 2 aromatic rings. The van der Waals surface area contributed by atoms with Crippen LogP contribution in [0.2, 0.25) is 5.02 Å². The highest BCUT2D eigenvalue weighted by Crippen LogP contribution is 2.45. The van der Waals surface area contributed by atoms with E-state index in [4.69, 9.17) is 11.6 Å². The normalized spacial score (nSPS) is 19.3. The van der Waals surface area contributed by atoms with E-state index in [0.717, 1.165) is 11.3 Å². The molecule has 152 valence electrons. The van der Waals surface area contributed by atoms with Crippen molar-refractivity contribution in [3.05, 3.63) is 52.3 Å². The fraction of sp³-hybridized carbons (Fsp3) is 0.263. The number of alkyl halides is 2. The monoisotopic (exact) mass is 422 g/mol. The summed E-state index contributed by atoms with van der Waals surface area (Å²) in [7, 11) is 1.69. The third-order valence-corrected chi connectivity index (χ3v) is 4.89. The fourth-order valence-electron chi connectivity index (χ4n) is 3.20. The number of nitrogens with one attached hydrogen (secondary N) is 2. The van der Waals surface area contributed by atoms with E-state index in [9.17, 15) is 13.6 Å². The van der Waals surface area contributed by atoms with Crippen LogP contribution in [0, 0.1) is 13.8 Å². The largest absolute Gasteiger partial charge is 0.586 e. The number of rotatable bonds is 3. The maximum atomic E-state index is 13.3. The molecule has 0 bridgehead atoms. The summed E-state index contributed by atoms with van der Waals surface area (Å²) < 4.78 is 35.5. The fourth-order valence-corrected chi connectivity index (χ4v) is 3.45. The molecule has 0 radical (unpaired) electrons. The van der Waals surface area contributed by atoms with Crippen LogP contribution in [-0.2, 0) is 4.79 Å². The van der Waals surface area contributed by atoms with E-state index < -0.39 is 12.3 Å². The van der Waals surface area contributed by atoms with Crippen molar-refractivity contribution in [1.29, 1.82) is 0 Å². The molecule has 2 N–H and O–H groups in total. The van der Waals surface area contributed by atoms with Gasteiger partial charge in [-0.25, -0.2) is 5.43 Å². The molecule has 1 atom stereocenters. The van der Waals surface area contributed by atoms with Crippen LogP contribution in [0.25, 0.3) is 5.70 Å². The van der Waals surface area contributed by atoms with E-state index in [1.165, 1.54) is 12.1 Å². The highest BCUT2D eigenvalue weighted by molar-refractivity contribution is 6.32. The second-order valence-corrected chi connectivity index (χ2v) is 7.20. The van der Waals surface area contributed by atoms with E-state index in [1.807, 2.05) is 19.9 Å². The molecular weight excluding hydrogens is 406 g/mol. The summed E-state index contributed by atoms with van der Waals surface area (Å²) in [4.78, 5) is 16.9. The van der Waals surface area contributed by atoms with Gasteiger partial charge in [0.1, 0.15) is 6.04 Å². The van der Waals surface area contributed by atoms with Crippen molar-refractivity contribution in [2.45, 2.75) is 26.2 Å². The average molecular weight is 423 g/mol. The van der Waals surface area contributed by atoms with E-state index in [-0.39, 0.29) is 22.4 Å². The summed E-state index contributed by atoms with van der Waals surface area (Å²) in [5.74, 6) is -0.573. The molecule has 1 unspecified atom stereocenters. The molecule has 0 saturated carbocycles. The van der Waals surface area contributed by atoms with Crippen LogP contribution < -0.4 is 20.2 Å². The zero-order valence-corrected chi connectivity index (χ0v) is 16.5. The zero-order valence-electron chi connectivity index (χ0n) is 15.7. The number of halogens is 3. The molecule has 1 aromatic carbocycles. The molecular formula is C19H17ClF2N4O3. The Morgan fingerprint density at radius 3 is 2.66 bits per heavy atom. The number of aryl methyl sites for hydroxylation is 2. The molecule has 0 fully saturated rings. The molecule has 0 aliphatic carbocycles. The predicted octanol–water partition coefficient (Wildman–Crippen LogP) is 3.47. The maximum absolute atomic E-state index is 13.3. The highest BCUT2D eigenvalue weighted by Gasteiger charge is 2.44. The van der Waals surface area contributed by atoms with Crippen molar-refractivity contribution in [1.82, 2.24) is 15.4 Å². The summed E-state index contributed by atoms with van der Waals surface area (Å²) in [5.41, 5.74) is 6.30. The number of fused-ring (bicyclic) bond motifs is 1. The van der Waals surface area contributed by atoms with Crippen LogP contribution >= 0.6 is 11.6 Å². The third-order valence-electron chi connectivity index (χ3n) is 4.57. The molecule has 2 aliphatic heterocycles. The highest BCUT2D eigenvalue weighted by atomic mass is 35.5. The Labute approximate surface area is 170 Å². The topological polar surface area (TPSA) is 75.7 Å². The van der Waals surface area contributed by atoms with Crippen molar-refractivity contribution in [2.75, 3.05) is 12.4 Å². The standard InChI is InChI=1S/C19H17ClF2N4O3/c1-9-4-10(2)23-8-14(9)24-18(27)13-7-15(26(3)25-13)11-5-16-17(6-12(11)20)29-19(21,22)28-16/h4-8,13,25H,1-3H3,(H,24,27).